The van der Waals surface area contributed by atoms with Gasteiger partial charge < -0.3 is 25.3 Å². The second kappa shape index (κ2) is 8.04. The van der Waals surface area contributed by atoms with Crippen LogP contribution in [0.15, 0.2) is 66.9 Å². The number of aliphatic hydroxyl groups excluding tert-OH is 2. The number of carboxylic acid groups (broad SMARTS) is 2. The van der Waals surface area contributed by atoms with Gasteiger partial charge in [0.25, 0.3) is 0 Å². The van der Waals surface area contributed by atoms with Crippen molar-refractivity contribution in [1.29, 1.82) is 10.8 Å². The highest BCUT2D eigenvalue weighted by atomic mass is 16.4. The first kappa shape index (κ1) is 23.0. The lowest BCUT2D eigenvalue weighted by Crippen LogP contribution is -2.22. The zero-order chi connectivity index (χ0) is 26.9. The quantitative estimate of drug-likeness (QED) is 0.0761. The number of anilines is 1. The Bertz CT molecular complexity index is 1970. The first-order valence-electron chi connectivity index (χ1n) is 11.6. The topological polar surface area (TPSA) is 166 Å². The number of carbonyl (C=O) groups is 2. The molecule has 0 spiro atoms. The van der Waals surface area contributed by atoms with E-state index in [1.54, 1.807) is 35.4 Å². The highest BCUT2D eigenvalue weighted by Gasteiger charge is 2.34. The summed E-state index contributed by atoms with van der Waals surface area (Å²) in [5, 5.41) is 61.5. The van der Waals surface area contributed by atoms with Gasteiger partial charge in [0, 0.05) is 28.9 Å². The summed E-state index contributed by atoms with van der Waals surface area (Å²) in [6.07, 6.45) is 7.05. The molecular formula is C29H19N3O6. The second-order valence-corrected chi connectivity index (χ2v) is 9.01. The van der Waals surface area contributed by atoms with E-state index in [1.807, 2.05) is 36.4 Å². The van der Waals surface area contributed by atoms with Crippen LogP contribution in [0.2, 0.25) is 0 Å². The van der Waals surface area contributed by atoms with Crippen molar-refractivity contribution >= 4 is 72.5 Å². The average Bonchev–Trinajstić information content (AvgIpc) is 2.89. The van der Waals surface area contributed by atoms with Gasteiger partial charge in [-0.05, 0) is 39.1 Å². The molecular weight excluding hydrogens is 486 g/mol. The lowest BCUT2D eigenvalue weighted by Gasteiger charge is -2.27. The fraction of sp³-hybridized carbons (Fsp3) is 0.0345. The molecule has 0 saturated carbocycles. The second-order valence-electron chi connectivity index (χ2n) is 9.01. The molecule has 0 atom stereocenters. The van der Waals surface area contributed by atoms with Crippen molar-refractivity contribution in [3.8, 4) is 0 Å². The number of rotatable bonds is 5. The fourth-order valence-electron chi connectivity index (χ4n) is 5.71. The van der Waals surface area contributed by atoms with E-state index in [0.29, 0.717) is 17.3 Å². The van der Waals surface area contributed by atoms with E-state index in [2.05, 4.69) is 0 Å². The van der Waals surface area contributed by atoms with Crippen LogP contribution < -0.4 is 4.90 Å². The van der Waals surface area contributed by atoms with Crippen LogP contribution in [0.3, 0.4) is 0 Å². The van der Waals surface area contributed by atoms with Gasteiger partial charge in [-0.3, -0.25) is 10.8 Å². The van der Waals surface area contributed by atoms with Gasteiger partial charge in [-0.2, -0.15) is 0 Å². The molecule has 0 aromatic heterocycles. The molecule has 1 aliphatic heterocycles. The highest BCUT2D eigenvalue weighted by molar-refractivity contribution is 6.41. The minimum Gasteiger partial charge on any atom is -0.493 e. The van der Waals surface area contributed by atoms with Crippen molar-refractivity contribution in [2.24, 2.45) is 0 Å². The maximum absolute atomic E-state index is 12.8. The van der Waals surface area contributed by atoms with Crippen molar-refractivity contribution < 1.29 is 30.0 Å². The SMILES string of the molecule is N=C(O)c1c(C(=O)O)c2c(C(=O)O)c(N3C=CC=CC3)cc3c4cccc5cccc(c(c1C(=N)O)c23)c54. The number of fused-ring (bicyclic) bond motifs is 2. The number of aliphatic hydroxyl groups is 2. The lowest BCUT2D eigenvalue weighted by atomic mass is 9.81. The third kappa shape index (κ3) is 2.99. The Morgan fingerprint density at radius 1 is 0.684 bits per heavy atom. The molecule has 9 heteroatoms. The zero-order valence-electron chi connectivity index (χ0n) is 19.6. The maximum Gasteiger partial charge on any atom is 0.338 e. The summed E-state index contributed by atoms with van der Waals surface area (Å²) >= 11 is 0. The maximum atomic E-state index is 12.8. The predicted molar refractivity (Wildman–Crippen MR) is 146 cm³/mol. The number of nitrogens with zero attached hydrogens (tertiary/aromatic N) is 1. The van der Waals surface area contributed by atoms with E-state index in [9.17, 15) is 30.0 Å². The molecule has 0 fully saturated rings. The van der Waals surface area contributed by atoms with Crippen LogP contribution in [-0.2, 0) is 0 Å². The number of nitrogens with one attached hydrogen (secondary N) is 2. The molecule has 9 nitrogen and oxygen atoms in total. The molecule has 6 N–H and O–H groups in total. The Morgan fingerprint density at radius 3 is 1.92 bits per heavy atom. The molecule has 1 heterocycles. The number of aromatic carboxylic acids is 2. The Hall–Kier alpha value is -5.44. The number of hydrogen-bond donors (Lipinski definition) is 6. The average molecular weight is 505 g/mol. The van der Waals surface area contributed by atoms with Crippen molar-refractivity contribution in [3.05, 3.63) is 89.1 Å². The van der Waals surface area contributed by atoms with Gasteiger partial charge in [-0.25, -0.2) is 9.59 Å². The number of benzene rings is 5. The minimum absolute atomic E-state index is 0.189. The standard InChI is InChI=1S/C29H19N3O6/c30-26(33)23-19-15-9-5-7-13-6-4-8-14(18(13)15)16-12-17(32-10-2-1-3-11-32)21(28(35)36)22(20(16)19)25(29(37)38)24(23)27(31)34/h1-10,12H,11H2,(H2,30,33)(H2,31,34)(H,35,36)(H,37,38). The summed E-state index contributed by atoms with van der Waals surface area (Å²) in [4.78, 5) is 27.3. The number of allylic oxidation sites excluding steroid dienone is 2. The predicted octanol–water partition coefficient (Wildman–Crippen LogP) is 5.79. The van der Waals surface area contributed by atoms with Crippen LogP contribution in [0.4, 0.5) is 5.69 Å². The minimum atomic E-state index is -1.61. The molecule has 5 aromatic rings. The molecule has 0 radical (unpaired) electrons. The fourth-order valence-corrected chi connectivity index (χ4v) is 5.71. The van der Waals surface area contributed by atoms with E-state index < -0.39 is 34.9 Å². The third-order valence-electron chi connectivity index (χ3n) is 7.05. The van der Waals surface area contributed by atoms with Crippen LogP contribution in [0.25, 0.3) is 43.1 Å². The first-order valence-corrected chi connectivity index (χ1v) is 11.6. The normalized spacial score (nSPS) is 13.2. The summed E-state index contributed by atoms with van der Waals surface area (Å²) < 4.78 is 0. The van der Waals surface area contributed by atoms with Crippen LogP contribution >= 0.6 is 0 Å². The lowest BCUT2D eigenvalue weighted by molar-refractivity contribution is 0.0695. The van der Waals surface area contributed by atoms with Crippen molar-refractivity contribution in [1.82, 2.24) is 0 Å². The van der Waals surface area contributed by atoms with Gasteiger partial charge in [0.05, 0.1) is 27.9 Å². The molecule has 38 heavy (non-hydrogen) atoms. The monoisotopic (exact) mass is 505 g/mol. The van der Waals surface area contributed by atoms with Gasteiger partial charge >= 0.3 is 11.9 Å². The molecule has 0 unspecified atom stereocenters. The summed E-state index contributed by atoms with van der Waals surface area (Å²) in [7, 11) is 0. The smallest absolute Gasteiger partial charge is 0.338 e. The molecule has 0 saturated heterocycles. The Morgan fingerprint density at radius 2 is 1.34 bits per heavy atom. The summed E-state index contributed by atoms with van der Waals surface area (Å²) in [6, 6.07) is 12.6. The summed E-state index contributed by atoms with van der Waals surface area (Å²) in [6.45, 7) is 0.333. The van der Waals surface area contributed by atoms with Gasteiger partial charge in [0.1, 0.15) is 0 Å². The zero-order valence-corrected chi connectivity index (χ0v) is 19.6. The van der Waals surface area contributed by atoms with Crippen molar-refractivity contribution in [2.45, 2.75) is 0 Å². The molecule has 1 aliphatic rings. The van der Waals surface area contributed by atoms with Crippen LogP contribution in [-0.4, -0.2) is 50.7 Å². The van der Waals surface area contributed by atoms with Gasteiger partial charge in [-0.1, -0.05) is 48.6 Å². The molecule has 186 valence electrons. The Labute approximate surface area is 214 Å². The van der Waals surface area contributed by atoms with E-state index in [-0.39, 0.29) is 33.0 Å². The largest absolute Gasteiger partial charge is 0.493 e. The number of hydrogen-bond acceptors (Lipinski definition) is 5. The van der Waals surface area contributed by atoms with Crippen LogP contribution in [0.1, 0.15) is 31.8 Å². The summed E-state index contributed by atoms with van der Waals surface area (Å²) in [5.41, 5.74) is -1.74. The first-order chi connectivity index (χ1) is 18.2. The third-order valence-corrected chi connectivity index (χ3v) is 7.05. The van der Waals surface area contributed by atoms with Gasteiger partial charge in [0.15, 0.2) is 0 Å². The van der Waals surface area contributed by atoms with Crippen molar-refractivity contribution in [2.75, 3.05) is 11.4 Å². The Balaban J connectivity index is 2.07. The highest BCUT2D eigenvalue weighted by Crippen LogP contribution is 2.48. The molecule has 0 bridgehead atoms. The molecule has 6 rings (SSSR count). The summed E-state index contributed by atoms with van der Waals surface area (Å²) in [5.74, 6) is -5.26. The van der Waals surface area contributed by atoms with E-state index >= 15 is 0 Å². The van der Waals surface area contributed by atoms with E-state index in [4.69, 9.17) is 10.8 Å². The van der Waals surface area contributed by atoms with Crippen molar-refractivity contribution in [3.63, 3.8) is 0 Å². The van der Waals surface area contributed by atoms with E-state index in [0.717, 1.165) is 16.2 Å². The van der Waals surface area contributed by atoms with Crippen LogP contribution in [0, 0.1) is 10.8 Å². The number of carboxylic acids is 2. The molecule has 0 aliphatic carbocycles. The van der Waals surface area contributed by atoms with Gasteiger partial charge in [-0.15, -0.1) is 0 Å². The Kier molecular flexibility index (Phi) is 4.86. The van der Waals surface area contributed by atoms with Crippen LogP contribution in [0.5, 0.6) is 0 Å². The molecule has 5 aromatic carbocycles. The van der Waals surface area contributed by atoms with E-state index in [1.165, 1.54) is 0 Å². The molecule has 0 amide bonds. The van der Waals surface area contributed by atoms with Gasteiger partial charge in [0.2, 0.25) is 11.8 Å².